The van der Waals surface area contributed by atoms with E-state index in [0.29, 0.717) is 19.5 Å². The molecular formula is C12H18N2O2. The molecule has 1 aromatic carbocycles. The third kappa shape index (κ3) is 3.24. The second-order valence-electron chi connectivity index (χ2n) is 3.58. The topological polar surface area (TPSA) is 64.3 Å². The van der Waals surface area contributed by atoms with Crippen LogP contribution in [0.2, 0.25) is 0 Å². The molecule has 1 amide bonds. The van der Waals surface area contributed by atoms with Crippen molar-refractivity contribution in [2.24, 2.45) is 5.73 Å². The van der Waals surface area contributed by atoms with Gasteiger partial charge in [-0.25, -0.2) is 0 Å². The lowest BCUT2D eigenvalue weighted by Gasteiger charge is -2.11. The largest absolute Gasteiger partial charge is 0.496 e. The first-order valence-electron chi connectivity index (χ1n) is 5.28. The number of nitrogens with one attached hydrogen (secondary N) is 1. The Kier molecular flexibility index (Phi) is 4.79. The lowest BCUT2D eigenvalue weighted by molar-refractivity contribution is -0.120. The molecule has 4 heteroatoms. The van der Waals surface area contributed by atoms with Crippen molar-refractivity contribution in [2.45, 2.75) is 13.3 Å². The van der Waals surface area contributed by atoms with Gasteiger partial charge in [-0.3, -0.25) is 4.79 Å². The highest BCUT2D eigenvalue weighted by Gasteiger charge is 2.09. The number of rotatable bonds is 5. The van der Waals surface area contributed by atoms with Crippen LogP contribution in [0.5, 0.6) is 5.75 Å². The zero-order valence-electron chi connectivity index (χ0n) is 9.75. The number of hydrogen-bond donors (Lipinski definition) is 2. The van der Waals surface area contributed by atoms with E-state index in [2.05, 4.69) is 5.32 Å². The summed E-state index contributed by atoms with van der Waals surface area (Å²) in [6.07, 6.45) is 0.324. The number of nitrogens with two attached hydrogens (primary N) is 1. The summed E-state index contributed by atoms with van der Waals surface area (Å²) >= 11 is 0. The molecule has 1 rings (SSSR count). The van der Waals surface area contributed by atoms with Crippen LogP contribution in [0.3, 0.4) is 0 Å². The van der Waals surface area contributed by atoms with E-state index < -0.39 is 0 Å². The average molecular weight is 222 g/mol. The van der Waals surface area contributed by atoms with Crippen LogP contribution >= 0.6 is 0 Å². The van der Waals surface area contributed by atoms with Crippen molar-refractivity contribution in [1.82, 2.24) is 5.32 Å². The van der Waals surface area contributed by atoms with E-state index in [4.69, 9.17) is 10.5 Å². The molecule has 0 fully saturated rings. The van der Waals surface area contributed by atoms with Crippen molar-refractivity contribution in [1.29, 1.82) is 0 Å². The highest BCUT2D eigenvalue weighted by molar-refractivity contribution is 5.79. The Morgan fingerprint density at radius 3 is 2.88 bits per heavy atom. The lowest BCUT2D eigenvalue weighted by atomic mass is 10.1. The van der Waals surface area contributed by atoms with Crippen LogP contribution in [-0.4, -0.2) is 26.1 Å². The summed E-state index contributed by atoms with van der Waals surface area (Å²) in [7, 11) is 1.61. The second-order valence-corrected chi connectivity index (χ2v) is 3.58. The number of benzene rings is 1. The Hall–Kier alpha value is -1.55. The summed E-state index contributed by atoms with van der Waals surface area (Å²) in [5.74, 6) is 0.750. The Bertz CT molecular complexity index is 364. The Labute approximate surface area is 95.8 Å². The fourth-order valence-electron chi connectivity index (χ4n) is 1.59. The van der Waals surface area contributed by atoms with Crippen molar-refractivity contribution in [3.05, 3.63) is 29.3 Å². The first-order valence-corrected chi connectivity index (χ1v) is 5.28. The highest BCUT2D eigenvalue weighted by Crippen LogP contribution is 2.23. The van der Waals surface area contributed by atoms with Gasteiger partial charge in [0.25, 0.3) is 0 Å². The summed E-state index contributed by atoms with van der Waals surface area (Å²) in [4.78, 5) is 11.5. The van der Waals surface area contributed by atoms with E-state index in [9.17, 15) is 4.79 Å². The monoisotopic (exact) mass is 222 g/mol. The normalized spacial score (nSPS) is 9.94. The third-order valence-corrected chi connectivity index (χ3v) is 2.32. The number of carbonyl (C=O) groups excluding carboxylic acids is 1. The summed E-state index contributed by atoms with van der Waals surface area (Å²) in [5.41, 5.74) is 7.24. The van der Waals surface area contributed by atoms with Gasteiger partial charge in [0.15, 0.2) is 0 Å². The Morgan fingerprint density at radius 2 is 2.25 bits per heavy atom. The number of carbonyl (C=O) groups is 1. The highest BCUT2D eigenvalue weighted by atomic mass is 16.5. The maximum Gasteiger partial charge on any atom is 0.224 e. The Morgan fingerprint density at radius 1 is 1.50 bits per heavy atom. The van der Waals surface area contributed by atoms with E-state index in [1.807, 2.05) is 25.1 Å². The molecule has 0 aliphatic rings. The molecule has 3 N–H and O–H groups in total. The third-order valence-electron chi connectivity index (χ3n) is 2.32. The molecule has 0 heterocycles. The van der Waals surface area contributed by atoms with Gasteiger partial charge in [0.2, 0.25) is 5.91 Å². The number of para-hydroxylation sites is 1. The summed E-state index contributed by atoms with van der Waals surface area (Å²) < 4.78 is 5.28. The first-order chi connectivity index (χ1) is 7.69. The average Bonchev–Trinajstić information content (AvgIpc) is 2.27. The SMILES string of the molecule is COc1c(C)cccc1CC(=O)NCCN. The van der Waals surface area contributed by atoms with Gasteiger partial charge in [0.1, 0.15) is 5.75 Å². The molecule has 0 saturated carbocycles. The van der Waals surface area contributed by atoms with Crippen LogP contribution in [0.4, 0.5) is 0 Å². The predicted octanol–water partition coefficient (Wildman–Crippen LogP) is 0.621. The number of hydrogen-bond acceptors (Lipinski definition) is 3. The summed E-state index contributed by atoms with van der Waals surface area (Å²) in [5, 5.41) is 2.73. The molecule has 1 aromatic rings. The van der Waals surface area contributed by atoms with Crippen molar-refractivity contribution in [3.63, 3.8) is 0 Å². The van der Waals surface area contributed by atoms with E-state index >= 15 is 0 Å². The van der Waals surface area contributed by atoms with Gasteiger partial charge >= 0.3 is 0 Å². The molecule has 0 unspecified atom stereocenters. The number of ether oxygens (including phenoxy) is 1. The van der Waals surface area contributed by atoms with Crippen molar-refractivity contribution in [3.8, 4) is 5.75 Å². The lowest BCUT2D eigenvalue weighted by Crippen LogP contribution is -2.30. The molecule has 0 spiro atoms. The molecule has 0 aliphatic carbocycles. The van der Waals surface area contributed by atoms with Crippen LogP contribution in [0.1, 0.15) is 11.1 Å². The minimum absolute atomic E-state index is 0.0330. The van der Waals surface area contributed by atoms with E-state index in [1.54, 1.807) is 7.11 Å². The maximum atomic E-state index is 11.5. The van der Waals surface area contributed by atoms with Crippen LogP contribution in [0.15, 0.2) is 18.2 Å². The van der Waals surface area contributed by atoms with Crippen LogP contribution in [0, 0.1) is 6.92 Å². The van der Waals surface area contributed by atoms with Crippen LogP contribution in [-0.2, 0) is 11.2 Å². The number of methoxy groups -OCH3 is 1. The van der Waals surface area contributed by atoms with Crippen LogP contribution in [0.25, 0.3) is 0 Å². The molecular weight excluding hydrogens is 204 g/mol. The van der Waals surface area contributed by atoms with E-state index in [0.717, 1.165) is 16.9 Å². The van der Waals surface area contributed by atoms with Gasteiger partial charge in [-0.05, 0) is 12.5 Å². The van der Waals surface area contributed by atoms with E-state index in [-0.39, 0.29) is 5.91 Å². The quantitative estimate of drug-likeness (QED) is 0.767. The molecule has 0 aromatic heterocycles. The standard InChI is InChI=1S/C12H18N2O2/c1-9-4-3-5-10(12(9)16-2)8-11(15)14-7-6-13/h3-5H,6-8,13H2,1-2H3,(H,14,15). The van der Waals surface area contributed by atoms with Gasteiger partial charge < -0.3 is 15.8 Å². The molecule has 0 radical (unpaired) electrons. The molecule has 88 valence electrons. The first kappa shape index (κ1) is 12.5. The molecule has 0 bridgehead atoms. The predicted molar refractivity (Wildman–Crippen MR) is 63.5 cm³/mol. The van der Waals surface area contributed by atoms with Crippen molar-refractivity contribution in [2.75, 3.05) is 20.2 Å². The van der Waals surface area contributed by atoms with E-state index in [1.165, 1.54) is 0 Å². The van der Waals surface area contributed by atoms with Crippen molar-refractivity contribution < 1.29 is 9.53 Å². The molecule has 16 heavy (non-hydrogen) atoms. The van der Waals surface area contributed by atoms with Crippen molar-refractivity contribution >= 4 is 5.91 Å². The summed E-state index contributed by atoms with van der Waals surface area (Å²) in [6, 6.07) is 5.78. The zero-order chi connectivity index (χ0) is 12.0. The molecule has 0 atom stereocenters. The number of amides is 1. The fraction of sp³-hybridized carbons (Fsp3) is 0.417. The maximum absolute atomic E-state index is 11.5. The van der Waals surface area contributed by atoms with Gasteiger partial charge in [-0.1, -0.05) is 18.2 Å². The fourth-order valence-corrected chi connectivity index (χ4v) is 1.59. The smallest absolute Gasteiger partial charge is 0.224 e. The van der Waals surface area contributed by atoms with Gasteiger partial charge in [-0.2, -0.15) is 0 Å². The Balaban J connectivity index is 2.73. The molecule has 0 saturated heterocycles. The molecule has 4 nitrogen and oxygen atoms in total. The number of aryl methyl sites for hydroxylation is 1. The summed E-state index contributed by atoms with van der Waals surface area (Å²) in [6.45, 7) is 2.92. The minimum atomic E-state index is -0.0330. The minimum Gasteiger partial charge on any atom is -0.496 e. The van der Waals surface area contributed by atoms with Gasteiger partial charge in [0.05, 0.1) is 13.5 Å². The van der Waals surface area contributed by atoms with Gasteiger partial charge in [-0.15, -0.1) is 0 Å². The van der Waals surface area contributed by atoms with Crippen LogP contribution < -0.4 is 15.8 Å². The van der Waals surface area contributed by atoms with Gasteiger partial charge in [0, 0.05) is 18.7 Å². The zero-order valence-corrected chi connectivity index (χ0v) is 9.75. The molecule has 0 aliphatic heterocycles. The second kappa shape index (κ2) is 6.12.